The number of benzene rings is 2. The summed E-state index contributed by atoms with van der Waals surface area (Å²) in [5.74, 6) is -3.98. The van der Waals surface area contributed by atoms with Crippen molar-refractivity contribution >= 4 is 40.1 Å². The summed E-state index contributed by atoms with van der Waals surface area (Å²) in [6.07, 6.45) is -1.15. The van der Waals surface area contributed by atoms with Crippen LogP contribution in [-0.2, 0) is 9.53 Å². The average Bonchev–Trinajstić information content (AvgIpc) is 2.69. The molecule has 0 saturated carbocycles. The normalized spacial score (nSPS) is 12.0. The Kier molecular flexibility index (Phi) is 6.28. The first kappa shape index (κ1) is 20.5. The Morgan fingerprint density at radius 3 is 2.48 bits per heavy atom. The van der Waals surface area contributed by atoms with E-state index in [-0.39, 0.29) is 5.69 Å². The van der Waals surface area contributed by atoms with Gasteiger partial charge in [0.05, 0.1) is 0 Å². The average molecular weight is 418 g/mol. The van der Waals surface area contributed by atoms with Crippen LogP contribution >= 0.6 is 11.8 Å². The number of pyridine rings is 1. The highest BCUT2D eigenvalue weighted by atomic mass is 32.2. The second-order valence-electron chi connectivity index (χ2n) is 6.04. The Balaban J connectivity index is 1.65. The molecule has 1 aromatic heterocycles. The highest BCUT2D eigenvalue weighted by Gasteiger charge is 2.20. The molecule has 3 aromatic rings. The number of ether oxygens (including phenoxy) is 1. The van der Waals surface area contributed by atoms with Crippen molar-refractivity contribution in [3.05, 3.63) is 70.6 Å². The molecule has 29 heavy (non-hydrogen) atoms. The molecule has 1 unspecified atom stereocenters. The van der Waals surface area contributed by atoms with Crippen LogP contribution in [0.5, 0.6) is 0 Å². The predicted octanol–water partition coefficient (Wildman–Crippen LogP) is 4.03. The van der Waals surface area contributed by atoms with Crippen LogP contribution in [0.15, 0.2) is 64.3 Å². The van der Waals surface area contributed by atoms with E-state index in [0.29, 0.717) is 33.1 Å². The minimum Gasteiger partial charge on any atom is -0.448 e. The summed E-state index contributed by atoms with van der Waals surface area (Å²) in [6.45, 7) is 1.38. The number of aromatic amines is 1. The standard InChI is InChI=1S/C20H16F2N2O4S/c1-11(17(25)23-13-6-8-14(9-7-13)29-20(21)22)28-19(27)16-10-12-4-2-3-5-15(12)18(26)24-16/h2-11,20H,1H3,(H,23,25)(H,24,26). The largest absolute Gasteiger partial charge is 0.448 e. The lowest BCUT2D eigenvalue weighted by molar-refractivity contribution is -0.123. The van der Waals surface area contributed by atoms with Gasteiger partial charge in [-0.25, -0.2) is 4.79 Å². The van der Waals surface area contributed by atoms with Gasteiger partial charge in [0, 0.05) is 16.0 Å². The molecular formula is C20H16F2N2O4S. The molecule has 0 radical (unpaired) electrons. The van der Waals surface area contributed by atoms with Gasteiger partial charge in [0.1, 0.15) is 5.69 Å². The predicted molar refractivity (Wildman–Crippen MR) is 106 cm³/mol. The number of carbonyl (C=O) groups is 2. The quantitative estimate of drug-likeness (QED) is 0.466. The third-order valence-corrected chi connectivity index (χ3v) is 4.70. The number of esters is 1. The van der Waals surface area contributed by atoms with E-state index in [2.05, 4.69) is 10.3 Å². The minimum absolute atomic E-state index is 0.0678. The summed E-state index contributed by atoms with van der Waals surface area (Å²) in [5.41, 5.74) is -0.133. The number of aromatic nitrogens is 1. The molecule has 0 bridgehead atoms. The molecule has 0 aliphatic heterocycles. The molecule has 0 spiro atoms. The summed E-state index contributed by atoms with van der Waals surface area (Å²) >= 11 is 0.396. The third-order valence-electron chi connectivity index (χ3n) is 3.97. The molecule has 6 nitrogen and oxygen atoms in total. The smallest absolute Gasteiger partial charge is 0.355 e. The maximum atomic E-state index is 12.3. The Morgan fingerprint density at radius 2 is 1.79 bits per heavy atom. The number of H-pyrrole nitrogens is 1. The Morgan fingerprint density at radius 1 is 1.10 bits per heavy atom. The Hall–Kier alpha value is -3.20. The van der Waals surface area contributed by atoms with E-state index < -0.39 is 29.3 Å². The van der Waals surface area contributed by atoms with Crippen LogP contribution < -0.4 is 10.9 Å². The van der Waals surface area contributed by atoms with Gasteiger partial charge in [-0.3, -0.25) is 9.59 Å². The molecule has 1 atom stereocenters. The first-order valence-corrected chi connectivity index (χ1v) is 9.40. The van der Waals surface area contributed by atoms with Crippen molar-refractivity contribution in [2.75, 3.05) is 5.32 Å². The Bertz CT molecular complexity index is 1100. The van der Waals surface area contributed by atoms with Crippen molar-refractivity contribution < 1.29 is 23.1 Å². The van der Waals surface area contributed by atoms with E-state index in [0.717, 1.165) is 0 Å². The topological polar surface area (TPSA) is 88.3 Å². The molecule has 0 fully saturated rings. The lowest BCUT2D eigenvalue weighted by Crippen LogP contribution is -2.30. The zero-order valence-electron chi connectivity index (χ0n) is 15.1. The van der Waals surface area contributed by atoms with E-state index in [9.17, 15) is 23.2 Å². The van der Waals surface area contributed by atoms with E-state index in [4.69, 9.17) is 4.74 Å². The fourth-order valence-electron chi connectivity index (χ4n) is 2.56. The van der Waals surface area contributed by atoms with E-state index in [1.807, 2.05) is 0 Å². The maximum absolute atomic E-state index is 12.3. The molecule has 0 aliphatic rings. The van der Waals surface area contributed by atoms with Crippen LogP contribution in [0.3, 0.4) is 0 Å². The van der Waals surface area contributed by atoms with Gasteiger partial charge in [-0.15, -0.1) is 0 Å². The van der Waals surface area contributed by atoms with Gasteiger partial charge in [-0.1, -0.05) is 30.0 Å². The second kappa shape index (κ2) is 8.87. The second-order valence-corrected chi connectivity index (χ2v) is 7.10. The number of hydrogen-bond acceptors (Lipinski definition) is 5. The van der Waals surface area contributed by atoms with Crippen LogP contribution in [0.1, 0.15) is 17.4 Å². The highest BCUT2D eigenvalue weighted by molar-refractivity contribution is 7.99. The van der Waals surface area contributed by atoms with Gasteiger partial charge >= 0.3 is 5.97 Å². The number of anilines is 1. The molecule has 150 valence electrons. The van der Waals surface area contributed by atoms with Crippen LogP contribution in [0.25, 0.3) is 10.8 Å². The van der Waals surface area contributed by atoms with Gasteiger partial charge < -0.3 is 15.0 Å². The number of fused-ring (bicyclic) bond motifs is 1. The number of nitrogens with one attached hydrogen (secondary N) is 2. The lowest BCUT2D eigenvalue weighted by atomic mass is 10.1. The number of hydrogen-bond donors (Lipinski definition) is 2. The monoisotopic (exact) mass is 418 g/mol. The molecule has 1 amide bonds. The molecular weight excluding hydrogens is 402 g/mol. The van der Waals surface area contributed by atoms with Crippen molar-refractivity contribution in [3.8, 4) is 0 Å². The van der Waals surface area contributed by atoms with Gasteiger partial charge in [0.25, 0.3) is 17.2 Å². The summed E-state index contributed by atoms with van der Waals surface area (Å²) < 4.78 is 29.8. The van der Waals surface area contributed by atoms with Crippen LogP contribution in [-0.4, -0.2) is 28.7 Å². The molecule has 2 N–H and O–H groups in total. The van der Waals surface area contributed by atoms with Crippen molar-refractivity contribution in [2.24, 2.45) is 0 Å². The number of rotatable bonds is 6. The molecule has 0 saturated heterocycles. The van der Waals surface area contributed by atoms with Crippen molar-refractivity contribution in [2.45, 2.75) is 23.7 Å². The van der Waals surface area contributed by atoms with Crippen LogP contribution in [0.2, 0.25) is 0 Å². The molecule has 0 aliphatic carbocycles. The third kappa shape index (κ3) is 5.20. The van der Waals surface area contributed by atoms with Crippen molar-refractivity contribution in [1.29, 1.82) is 0 Å². The molecule has 3 rings (SSSR count). The van der Waals surface area contributed by atoms with Crippen molar-refractivity contribution in [3.63, 3.8) is 0 Å². The summed E-state index contributed by atoms with van der Waals surface area (Å²) in [7, 11) is 0. The number of halogens is 2. The Labute approximate surface area is 168 Å². The number of alkyl halides is 2. The number of amides is 1. The zero-order chi connectivity index (χ0) is 21.0. The van der Waals surface area contributed by atoms with Crippen LogP contribution in [0.4, 0.5) is 14.5 Å². The first-order chi connectivity index (χ1) is 13.8. The molecule has 2 aromatic carbocycles. The maximum Gasteiger partial charge on any atom is 0.355 e. The van der Waals surface area contributed by atoms with E-state index >= 15 is 0 Å². The fraction of sp³-hybridized carbons (Fsp3) is 0.150. The fourth-order valence-corrected chi connectivity index (χ4v) is 3.06. The zero-order valence-corrected chi connectivity index (χ0v) is 16.0. The molecule has 1 heterocycles. The van der Waals surface area contributed by atoms with Gasteiger partial charge in [0.15, 0.2) is 6.10 Å². The van der Waals surface area contributed by atoms with E-state index in [1.54, 1.807) is 24.3 Å². The molecule has 9 heteroatoms. The summed E-state index contributed by atoms with van der Waals surface area (Å²) in [6, 6.07) is 14.1. The lowest BCUT2D eigenvalue weighted by Gasteiger charge is -2.14. The summed E-state index contributed by atoms with van der Waals surface area (Å²) in [4.78, 5) is 39.4. The SMILES string of the molecule is CC(OC(=O)c1cc2ccccc2c(=O)[nH]1)C(=O)Nc1ccc(SC(F)F)cc1. The minimum atomic E-state index is -2.53. The number of carbonyl (C=O) groups excluding carboxylic acids is 2. The van der Waals surface area contributed by atoms with Gasteiger partial charge in [-0.2, -0.15) is 8.78 Å². The van der Waals surface area contributed by atoms with Crippen LogP contribution in [0, 0.1) is 0 Å². The van der Waals surface area contributed by atoms with E-state index in [1.165, 1.54) is 37.3 Å². The first-order valence-electron chi connectivity index (χ1n) is 8.52. The van der Waals surface area contributed by atoms with Gasteiger partial charge in [0.2, 0.25) is 0 Å². The highest BCUT2D eigenvalue weighted by Crippen LogP contribution is 2.26. The number of thioether (sulfide) groups is 1. The van der Waals surface area contributed by atoms with Crippen molar-refractivity contribution in [1.82, 2.24) is 4.98 Å². The summed E-state index contributed by atoms with van der Waals surface area (Å²) in [5, 5.41) is 3.54. The van der Waals surface area contributed by atoms with Gasteiger partial charge in [-0.05, 0) is 48.7 Å².